The number of halogens is 3. The molecule has 2 aliphatic rings. The lowest BCUT2D eigenvalue weighted by Crippen LogP contribution is -2.80. The summed E-state index contributed by atoms with van der Waals surface area (Å²) in [7, 11) is 0. The van der Waals surface area contributed by atoms with Gasteiger partial charge in [0.2, 0.25) is 15.9 Å². The Morgan fingerprint density at radius 2 is 2.04 bits per heavy atom. The molecule has 2 saturated heterocycles. The second kappa shape index (κ2) is 6.57. The Balaban J connectivity index is 2.29. The van der Waals surface area contributed by atoms with Gasteiger partial charge in [-0.05, 0) is 13.8 Å². The van der Waals surface area contributed by atoms with Gasteiger partial charge in [-0.25, -0.2) is 9.59 Å². The molecule has 0 bridgehead atoms. The Morgan fingerprint density at radius 1 is 1.44 bits per heavy atom. The van der Waals surface area contributed by atoms with E-state index in [1.165, 1.54) is 0 Å². The van der Waals surface area contributed by atoms with Crippen molar-refractivity contribution in [2.75, 3.05) is 6.61 Å². The number of hydrogen-bond donors (Lipinski definition) is 3. The first kappa shape index (κ1) is 20.2. The number of thioether (sulfide) groups is 1. The maximum Gasteiger partial charge on any atom is 0.409 e. The molecule has 3 atom stereocenters. The van der Waals surface area contributed by atoms with Crippen LogP contribution in [0.2, 0.25) is 0 Å². The number of carboxylic acids is 1. The largest absolute Gasteiger partial charge is 0.478 e. The number of nitrogens with one attached hydrogen (secondary N) is 2. The van der Waals surface area contributed by atoms with E-state index in [4.69, 9.17) is 39.5 Å². The van der Waals surface area contributed by atoms with Crippen LogP contribution >= 0.6 is 46.6 Å². The minimum atomic E-state index is -2.09. The summed E-state index contributed by atoms with van der Waals surface area (Å²) >= 11 is 17.6. The molecule has 3 amide bonds. The Bertz CT molecular complexity index is 628. The maximum atomic E-state index is 12.3. The van der Waals surface area contributed by atoms with Gasteiger partial charge < -0.3 is 15.2 Å². The molecule has 2 aliphatic heterocycles. The molecular weight excluding hydrogens is 421 g/mol. The van der Waals surface area contributed by atoms with E-state index in [1.54, 1.807) is 13.8 Å². The zero-order chi connectivity index (χ0) is 19.2. The van der Waals surface area contributed by atoms with E-state index in [-0.39, 0.29) is 0 Å². The number of nitrogens with zero attached hydrogens (tertiary/aromatic N) is 1. The summed E-state index contributed by atoms with van der Waals surface area (Å²) in [6.07, 6.45) is -0.806. The van der Waals surface area contributed by atoms with E-state index in [1.807, 2.05) is 0 Å². The van der Waals surface area contributed by atoms with Crippen molar-refractivity contribution < 1.29 is 29.0 Å². The minimum absolute atomic E-state index is 0.358. The topological polar surface area (TPSA) is 125 Å². The molecule has 2 heterocycles. The number of aliphatic carboxylic acids is 1. The van der Waals surface area contributed by atoms with E-state index in [0.29, 0.717) is 6.41 Å². The highest BCUT2D eigenvalue weighted by Crippen LogP contribution is 2.55. The van der Waals surface area contributed by atoms with Crippen molar-refractivity contribution in [2.45, 2.75) is 39.5 Å². The first-order valence-electron chi connectivity index (χ1n) is 6.83. The molecule has 25 heavy (non-hydrogen) atoms. The first-order chi connectivity index (χ1) is 11.4. The number of amides is 3. The predicted octanol–water partition coefficient (Wildman–Crippen LogP) is 0.672. The van der Waals surface area contributed by atoms with E-state index in [2.05, 4.69) is 10.6 Å². The van der Waals surface area contributed by atoms with Gasteiger partial charge in [-0.2, -0.15) is 0 Å². The molecule has 0 aromatic rings. The number of carbonyl (C=O) groups is 4. The summed E-state index contributed by atoms with van der Waals surface area (Å²) in [6, 6.07) is -0.873. The van der Waals surface area contributed by atoms with Gasteiger partial charge in [-0.1, -0.05) is 34.8 Å². The molecule has 0 unspecified atom stereocenters. The van der Waals surface area contributed by atoms with Crippen LogP contribution in [0.25, 0.3) is 0 Å². The monoisotopic (exact) mass is 433 g/mol. The molecule has 13 heteroatoms. The van der Waals surface area contributed by atoms with Crippen LogP contribution in [0.3, 0.4) is 0 Å². The summed E-state index contributed by atoms with van der Waals surface area (Å²) < 4.78 is 1.71. The number of carbonyl (C=O) groups excluding carboxylic acids is 3. The summed E-state index contributed by atoms with van der Waals surface area (Å²) in [6.45, 7) is 2.48. The van der Waals surface area contributed by atoms with Gasteiger partial charge in [-0.3, -0.25) is 19.8 Å². The maximum absolute atomic E-state index is 12.3. The average Bonchev–Trinajstić information content (AvgIpc) is 2.68. The lowest BCUT2D eigenvalue weighted by atomic mass is 9.88. The van der Waals surface area contributed by atoms with Crippen LogP contribution < -0.4 is 10.6 Å². The van der Waals surface area contributed by atoms with Gasteiger partial charge >= 0.3 is 12.1 Å². The standard InChI is InChI=1S/C12H14Cl3N3O6S/c1-10(2)12(8(21)22,17-9(23)24-3-11(13,14)15)18-6(20)5(16-4-19)7(18)25-10/h4-5,7H,3H2,1-2H3,(H,16,19)(H,17,23)(H,21,22)/t5-,7-,12+/m1/s1. The lowest BCUT2D eigenvalue weighted by molar-refractivity contribution is -0.174. The van der Waals surface area contributed by atoms with Crippen molar-refractivity contribution in [1.82, 2.24) is 15.5 Å². The minimum Gasteiger partial charge on any atom is -0.478 e. The van der Waals surface area contributed by atoms with Gasteiger partial charge in [0.05, 0.1) is 4.75 Å². The number of alkyl halides is 3. The molecule has 2 rings (SSSR count). The number of β-lactam (4-membered cyclic amide) rings is 1. The molecule has 140 valence electrons. The Morgan fingerprint density at radius 3 is 2.52 bits per heavy atom. The van der Waals surface area contributed by atoms with Crippen molar-refractivity contribution in [3.8, 4) is 0 Å². The van der Waals surface area contributed by atoms with E-state index in [0.717, 1.165) is 16.7 Å². The molecule has 0 saturated carbocycles. The molecule has 0 aromatic heterocycles. The first-order valence-corrected chi connectivity index (χ1v) is 8.84. The molecule has 0 radical (unpaired) electrons. The summed E-state index contributed by atoms with van der Waals surface area (Å²) in [5, 5.41) is 13.7. The van der Waals surface area contributed by atoms with Crippen molar-refractivity contribution in [2.24, 2.45) is 0 Å². The second-order valence-corrected chi connectivity index (χ2v) is 10.1. The summed E-state index contributed by atoms with van der Waals surface area (Å²) in [5.74, 6) is -2.10. The highest BCUT2D eigenvalue weighted by atomic mass is 35.6. The van der Waals surface area contributed by atoms with Gasteiger partial charge in [-0.15, -0.1) is 11.8 Å². The van der Waals surface area contributed by atoms with Crippen LogP contribution in [0.5, 0.6) is 0 Å². The molecule has 0 aromatic carbocycles. The zero-order valence-electron chi connectivity index (χ0n) is 12.9. The van der Waals surface area contributed by atoms with Gasteiger partial charge in [0.25, 0.3) is 5.91 Å². The van der Waals surface area contributed by atoms with Gasteiger partial charge in [0.15, 0.2) is 0 Å². The number of alkyl carbamates (subject to hydrolysis) is 1. The van der Waals surface area contributed by atoms with Gasteiger partial charge in [0.1, 0.15) is 18.0 Å². The highest BCUT2D eigenvalue weighted by molar-refractivity contribution is 8.01. The molecule has 0 spiro atoms. The third-order valence-electron chi connectivity index (χ3n) is 3.90. The third-order valence-corrected chi connectivity index (χ3v) is 5.83. The Kier molecular flexibility index (Phi) is 5.31. The summed E-state index contributed by atoms with van der Waals surface area (Å²) in [4.78, 5) is 48.0. The van der Waals surface area contributed by atoms with Crippen molar-refractivity contribution in [1.29, 1.82) is 0 Å². The number of carboxylic acid groups (broad SMARTS) is 1. The second-order valence-electron chi connectivity index (χ2n) is 5.82. The van der Waals surface area contributed by atoms with Crippen molar-refractivity contribution in [3.63, 3.8) is 0 Å². The van der Waals surface area contributed by atoms with Crippen LogP contribution in [-0.2, 0) is 19.1 Å². The predicted molar refractivity (Wildman–Crippen MR) is 90.4 cm³/mol. The van der Waals surface area contributed by atoms with E-state index in [9.17, 15) is 24.3 Å². The van der Waals surface area contributed by atoms with E-state index < -0.39 is 50.2 Å². The summed E-state index contributed by atoms with van der Waals surface area (Å²) in [5.41, 5.74) is -2.09. The Labute approximate surface area is 161 Å². The number of hydrogen-bond acceptors (Lipinski definition) is 6. The molecule has 3 N–H and O–H groups in total. The van der Waals surface area contributed by atoms with Crippen molar-refractivity contribution >= 4 is 70.9 Å². The fraction of sp³-hybridized carbons (Fsp3) is 0.667. The zero-order valence-corrected chi connectivity index (χ0v) is 16.0. The molecule has 2 fully saturated rings. The SMILES string of the molecule is CC1(C)S[C@@H]2[C@H](NC=O)C(=O)N2[C@@]1(NC(=O)OCC(Cl)(Cl)Cl)C(=O)O. The number of fused-ring (bicyclic) bond motifs is 1. The quantitative estimate of drug-likeness (QED) is 0.330. The van der Waals surface area contributed by atoms with Crippen LogP contribution in [0.15, 0.2) is 0 Å². The fourth-order valence-electron chi connectivity index (χ4n) is 2.80. The molecule has 9 nitrogen and oxygen atoms in total. The average molecular weight is 435 g/mol. The molecular formula is C12H14Cl3N3O6S. The van der Waals surface area contributed by atoms with Crippen LogP contribution in [-0.4, -0.2) is 66.6 Å². The lowest BCUT2D eigenvalue weighted by Gasteiger charge is -2.49. The van der Waals surface area contributed by atoms with Crippen LogP contribution in [0, 0.1) is 0 Å². The Hall–Kier alpha value is -1.10. The van der Waals surface area contributed by atoms with Crippen molar-refractivity contribution in [3.05, 3.63) is 0 Å². The smallest absolute Gasteiger partial charge is 0.409 e. The molecule has 0 aliphatic carbocycles. The fourth-order valence-corrected chi connectivity index (χ4v) is 4.67. The van der Waals surface area contributed by atoms with Crippen LogP contribution in [0.4, 0.5) is 4.79 Å². The highest BCUT2D eigenvalue weighted by Gasteiger charge is 2.74. The third kappa shape index (κ3) is 3.32. The van der Waals surface area contributed by atoms with Crippen LogP contribution in [0.1, 0.15) is 13.8 Å². The van der Waals surface area contributed by atoms with Gasteiger partial charge in [0, 0.05) is 0 Å². The number of rotatable bonds is 5. The number of ether oxygens (including phenoxy) is 1. The normalized spacial score (nSPS) is 30.1. The van der Waals surface area contributed by atoms with E-state index >= 15 is 0 Å².